The Hall–Kier alpha value is -2.01. The predicted octanol–water partition coefficient (Wildman–Crippen LogP) is 6.49. The molecule has 0 aliphatic rings. The molecule has 0 heterocycles. The van der Waals surface area contributed by atoms with Crippen LogP contribution in [0, 0.1) is 11.8 Å². The summed E-state index contributed by atoms with van der Waals surface area (Å²) in [6, 6.07) is 16.9. The second-order valence-corrected chi connectivity index (χ2v) is 6.88. The first-order valence-corrected chi connectivity index (χ1v) is 9.37. The van der Waals surface area contributed by atoms with Gasteiger partial charge < -0.3 is 5.73 Å². The smallest absolute Gasteiger partial charge is 0.193 e. The van der Waals surface area contributed by atoms with Crippen molar-refractivity contribution in [3.63, 3.8) is 0 Å². The van der Waals surface area contributed by atoms with Crippen molar-refractivity contribution in [1.29, 1.82) is 0 Å². The first kappa shape index (κ1) is 32.6. The Morgan fingerprint density at radius 3 is 2.07 bits per heavy atom. The van der Waals surface area contributed by atoms with Gasteiger partial charge in [-0.15, -0.1) is 0 Å². The molecule has 0 aliphatic carbocycles. The average molecular weight is 419 g/mol. The summed E-state index contributed by atoms with van der Waals surface area (Å²) in [5, 5.41) is 0. The Morgan fingerprint density at radius 2 is 1.53 bits per heavy atom. The van der Waals surface area contributed by atoms with E-state index < -0.39 is 0 Å². The van der Waals surface area contributed by atoms with Crippen LogP contribution in [0.15, 0.2) is 54.6 Å². The van der Waals surface area contributed by atoms with Crippen LogP contribution in [0.2, 0.25) is 0 Å². The van der Waals surface area contributed by atoms with E-state index in [0.29, 0.717) is 29.6 Å². The zero-order valence-corrected chi connectivity index (χ0v) is 15.8. The monoisotopic (exact) mass is 418 g/mol. The number of carbonyl (C=O) groups excluding carboxylic acids is 1. The van der Waals surface area contributed by atoms with Crippen molar-refractivity contribution < 1.29 is 9.63 Å². The molecular formula is C26H46N2O2. The fourth-order valence-electron chi connectivity index (χ4n) is 2.88. The summed E-state index contributed by atoms with van der Waals surface area (Å²) >= 11 is 0. The molecule has 4 nitrogen and oxygen atoms in total. The molecule has 0 bridgehead atoms. The SMILES string of the molecule is C.C.C.C.CCC(CNOCc1ccc(C(=O)c2ccccc2)cc1)CC(C)CN. The van der Waals surface area contributed by atoms with Gasteiger partial charge in [0.1, 0.15) is 0 Å². The lowest BCUT2D eigenvalue weighted by Gasteiger charge is -2.19. The maximum Gasteiger partial charge on any atom is 0.193 e. The molecule has 4 heteroatoms. The summed E-state index contributed by atoms with van der Waals surface area (Å²) in [6.45, 7) is 6.40. The van der Waals surface area contributed by atoms with Crippen LogP contribution < -0.4 is 11.2 Å². The number of nitrogens with one attached hydrogen (secondary N) is 1. The van der Waals surface area contributed by atoms with Gasteiger partial charge in [0, 0.05) is 17.7 Å². The van der Waals surface area contributed by atoms with Gasteiger partial charge in [0.05, 0.1) is 6.61 Å². The maximum atomic E-state index is 12.4. The Balaban J connectivity index is -0.00000182. The van der Waals surface area contributed by atoms with E-state index in [4.69, 9.17) is 10.6 Å². The first-order chi connectivity index (χ1) is 12.6. The summed E-state index contributed by atoms with van der Waals surface area (Å²) in [5.74, 6) is 1.15. The van der Waals surface area contributed by atoms with Crippen LogP contribution in [0.5, 0.6) is 0 Å². The van der Waals surface area contributed by atoms with E-state index in [1.54, 1.807) is 0 Å². The molecule has 0 saturated carbocycles. The van der Waals surface area contributed by atoms with E-state index in [1.807, 2.05) is 54.6 Å². The van der Waals surface area contributed by atoms with Crippen molar-refractivity contribution in [2.24, 2.45) is 17.6 Å². The normalized spacial score (nSPS) is 11.6. The highest BCUT2D eigenvalue weighted by Gasteiger charge is 2.11. The molecule has 0 amide bonds. The molecule has 2 rings (SSSR count). The van der Waals surface area contributed by atoms with Gasteiger partial charge in [-0.05, 0) is 30.4 Å². The number of hydrogen-bond donors (Lipinski definition) is 2. The highest BCUT2D eigenvalue weighted by molar-refractivity contribution is 6.08. The first-order valence-electron chi connectivity index (χ1n) is 9.37. The molecular weight excluding hydrogens is 372 g/mol. The molecule has 3 N–H and O–H groups in total. The van der Waals surface area contributed by atoms with Gasteiger partial charge in [0.25, 0.3) is 0 Å². The van der Waals surface area contributed by atoms with Gasteiger partial charge in [-0.3, -0.25) is 9.63 Å². The van der Waals surface area contributed by atoms with Gasteiger partial charge >= 0.3 is 0 Å². The second-order valence-electron chi connectivity index (χ2n) is 6.88. The molecule has 2 aromatic carbocycles. The molecule has 2 atom stereocenters. The Kier molecular flexibility index (Phi) is 19.4. The Bertz CT molecular complexity index is 656. The van der Waals surface area contributed by atoms with Crippen molar-refractivity contribution >= 4 is 5.78 Å². The third-order valence-corrected chi connectivity index (χ3v) is 4.68. The number of benzene rings is 2. The van der Waals surface area contributed by atoms with E-state index in [2.05, 4.69) is 19.3 Å². The lowest BCUT2D eigenvalue weighted by atomic mass is 9.94. The lowest BCUT2D eigenvalue weighted by Crippen LogP contribution is -2.25. The molecule has 0 spiro atoms. The van der Waals surface area contributed by atoms with Gasteiger partial charge in [0.2, 0.25) is 0 Å². The standard InChI is InChI=1S/C22H30N2O2.4CH4/c1-3-18(13-17(2)14-23)15-24-26-16-19-9-11-21(12-10-19)22(25)20-7-5-4-6-8-20;;;;/h4-12,17-18,24H,3,13-16,23H2,1-2H3;4*1H4. The van der Waals surface area contributed by atoms with Gasteiger partial charge in [-0.25, -0.2) is 5.48 Å². The number of carbonyl (C=O) groups is 1. The van der Waals surface area contributed by atoms with Crippen molar-refractivity contribution in [1.82, 2.24) is 5.48 Å². The molecule has 172 valence electrons. The zero-order chi connectivity index (χ0) is 18.8. The topological polar surface area (TPSA) is 64.3 Å². The molecule has 0 saturated heterocycles. The zero-order valence-electron chi connectivity index (χ0n) is 15.8. The van der Waals surface area contributed by atoms with Gasteiger partial charge in [-0.1, -0.05) is 105 Å². The second kappa shape index (κ2) is 17.8. The van der Waals surface area contributed by atoms with E-state index in [-0.39, 0.29) is 35.5 Å². The summed E-state index contributed by atoms with van der Waals surface area (Å²) in [6.07, 6.45) is 2.22. The van der Waals surface area contributed by atoms with Crippen LogP contribution in [-0.2, 0) is 11.4 Å². The van der Waals surface area contributed by atoms with Crippen LogP contribution in [0.1, 0.15) is 77.9 Å². The van der Waals surface area contributed by atoms with E-state index in [1.165, 1.54) is 0 Å². The lowest BCUT2D eigenvalue weighted by molar-refractivity contribution is 0.0174. The van der Waals surface area contributed by atoms with Gasteiger partial charge in [-0.2, -0.15) is 0 Å². The van der Waals surface area contributed by atoms with Crippen molar-refractivity contribution in [3.05, 3.63) is 71.3 Å². The third kappa shape index (κ3) is 10.7. The minimum atomic E-state index is 0. The van der Waals surface area contributed by atoms with Gasteiger partial charge in [0.15, 0.2) is 5.78 Å². The molecule has 0 aliphatic heterocycles. The summed E-state index contributed by atoms with van der Waals surface area (Å²) in [4.78, 5) is 18.0. The molecule has 2 unspecified atom stereocenters. The maximum absolute atomic E-state index is 12.4. The number of nitrogens with two attached hydrogens (primary N) is 1. The summed E-state index contributed by atoms with van der Waals surface area (Å²) in [7, 11) is 0. The minimum Gasteiger partial charge on any atom is -0.330 e. The average Bonchev–Trinajstić information content (AvgIpc) is 2.70. The largest absolute Gasteiger partial charge is 0.330 e. The Labute approximate surface area is 186 Å². The van der Waals surface area contributed by atoms with Crippen LogP contribution in [-0.4, -0.2) is 18.9 Å². The fraction of sp³-hybridized carbons (Fsp3) is 0.500. The van der Waals surface area contributed by atoms with Crippen LogP contribution in [0.25, 0.3) is 0 Å². The molecule has 0 radical (unpaired) electrons. The number of ketones is 1. The fourth-order valence-corrected chi connectivity index (χ4v) is 2.88. The van der Waals surface area contributed by atoms with E-state index in [9.17, 15) is 4.79 Å². The summed E-state index contributed by atoms with van der Waals surface area (Å²) < 4.78 is 0. The van der Waals surface area contributed by atoms with E-state index >= 15 is 0 Å². The third-order valence-electron chi connectivity index (χ3n) is 4.68. The van der Waals surface area contributed by atoms with Crippen LogP contribution in [0.4, 0.5) is 0 Å². The molecule has 2 aromatic rings. The van der Waals surface area contributed by atoms with E-state index in [0.717, 1.165) is 31.5 Å². The Morgan fingerprint density at radius 1 is 0.967 bits per heavy atom. The number of hydrogen-bond acceptors (Lipinski definition) is 4. The highest BCUT2D eigenvalue weighted by Crippen LogP contribution is 2.14. The highest BCUT2D eigenvalue weighted by atomic mass is 16.6. The van der Waals surface area contributed by atoms with Crippen molar-refractivity contribution in [2.75, 3.05) is 13.1 Å². The van der Waals surface area contributed by atoms with Crippen molar-refractivity contribution in [2.45, 2.75) is 63.0 Å². The number of hydroxylamine groups is 1. The molecule has 0 fully saturated rings. The quantitative estimate of drug-likeness (QED) is 0.248. The van der Waals surface area contributed by atoms with Crippen molar-refractivity contribution in [3.8, 4) is 0 Å². The predicted molar refractivity (Wildman–Crippen MR) is 133 cm³/mol. The summed E-state index contributed by atoms with van der Waals surface area (Å²) in [5.41, 5.74) is 11.2. The number of rotatable bonds is 11. The van der Waals surface area contributed by atoms with Crippen LogP contribution >= 0.6 is 0 Å². The van der Waals surface area contributed by atoms with Crippen LogP contribution in [0.3, 0.4) is 0 Å². The minimum absolute atomic E-state index is 0. The molecule has 0 aromatic heterocycles. The molecule has 30 heavy (non-hydrogen) atoms.